The fraction of sp³-hybridized carbons (Fsp3) is 0.400. The quantitative estimate of drug-likeness (QED) is 0.879. The van der Waals surface area contributed by atoms with E-state index in [1.165, 1.54) is 11.3 Å². The van der Waals surface area contributed by atoms with Crippen LogP contribution in [-0.4, -0.2) is 39.9 Å². The van der Waals surface area contributed by atoms with Crippen LogP contribution in [0.5, 0.6) is 0 Å². The first-order valence-electron chi connectivity index (χ1n) is 7.04. The number of ether oxygens (including phenoxy) is 1. The summed E-state index contributed by atoms with van der Waals surface area (Å²) in [6.45, 7) is 6.88. The first-order valence-corrected chi connectivity index (χ1v) is 7.92. The van der Waals surface area contributed by atoms with E-state index in [-0.39, 0.29) is 11.9 Å². The average molecular weight is 319 g/mol. The molecule has 3 rings (SSSR count). The number of thiazole rings is 1. The second-order valence-corrected chi connectivity index (χ2v) is 6.29. The standard InChI is InChI=1S/C15H17N3O3S/c1-8-13(10(3)19)9(2)16-14(8)11-7-22-12(17-11)6-18-4-5-21-15(18)20/h7,16H,4-6H2,1-3H3. The molecule has 0 saturated carbocycles. The maximum Gasteiger partial charge on any atom is 0.410 e. The third-order valence-electron chi connectivity index (χ3n) is 3.77. The first kappa shape index (κ1) is 14.8. The number of aryl methyl sites for hydroxylation is 1. The Hall–Kier alpha value is -2.15. The third kappa shape index (κ3) is 2.52. The van der Waals surface area contributed by atoms with E-state index in [2.05, 4.69) is 9.97 Å². The van der Waals surface area contributed by atoms with Gasteiger partial charge in [0.05, 0.1) is 24.5 Å². The van der Waals surface area contributed by atoms with E-state index in [0.717, 1.165) is 33.2 Å². The van der Waals surface area contributed by atoms with Gasteiger partial charge in [-0.1, -0.05) is 0 Å². The fourth-order valence-corrected chi connectivity index (χ4v) is 3.56. The second kappa shape index (κ2) is 5.57. The van der Waals surface area contributed by atoms with Crippen molar-refractivity contribution in [2.24, 2.45) is 0 Å². The minimum Gasteiger partial charge on any atom is -0.448 e. The van der Waals surface area contributed by atoms with Crippen molar-refractivity contribution in [3.05, 3.63) is 27.2 Å². The summed E-state index contributed by atoms with van der Waals surface area (Å²) in [5.74, 6) is 0.0489. The molecular formula is C15H17N3O3S. The van der Waals surface area contributed by atoms with Gasteiger partial charge in [-0.25, -0.2) is 9.78 Å². The predicted octanol–water partition coefficient (Wildman–Crippen LogP) is 2.91. The Morgan fingerprint density at radius 1 is 1.50 bits per heavy atom. The number of amides is 1. The lowest BCUT2D eigenvalue weighted by Gasteiger charge is -2.09. The smallest absolute Gasteiger partial charge is 0.410 e. The van der Waals surface area contributed by atoms with Gasteiger partial charge in [-0.2, -0.15) is 0 Å². The Balaban J connectivity index is 1.86. The number of H-pyrrole nitrogens is 1. The van der Waals surface area contributed by atoms with Crippen LogP contribution in [0.2, 0.25) is 0 Å². The van der Waals surface area contributed by atoms with Crippen LogP contribution in [0.15, 0.2) is 5.38 Å². The van der Waals surface area contributed by atoms with E-state index in [1.807, 2.05) is 19.2 Å². The topological polar surface area (TPSA) is 75.3 Å². The van der Waals surface area contributed by atoms with E-state index in [1.54, 1.807) is 11.8 Å². The zero-order valence-electron chi connectivity index (χ0n) is 12.7. The van der Waals surface area contributed by atoms with Gasteiger partial charge in [0.1, 0.15) is 11.6 Å². The van der Waals surface area contributed by atoms with Gasteiger partial charge < -0.3 is 9.72 Å². The van der Waals surface area contributed by atoms with Crippen LogP contribution in [0.4, 0.5) is 4.79 Å². The Kier molecular flexibility index (Phi) is 3.74. The third-order valence-corrected chi connectivity index (χ3v) is 4.60. The highest BCUT2D eigenvalue weighted by Crippen LogP contribution is 2.29. The SMILES string of the molecule is CC(=O)c1c(C)[nH]c(-c2csc(CN3CCOC3=O)n2)c1C. The number of hydrogen-bond donors (Lipinski definition) is 1. The van der Waals surface area contributed by atoms with Crippen LogP contribution in [0.3, 0.4) is 0 Å². The van der Waals surface area contributed by atoms with E-state index < -0.39 is 0 Å². The number of aromatic amines is 1. The molecule has 0 radical (unpaired) electrons. The average Bonchev–Trinajstić information content (AvgIpc) is 3.12. The largest absolute Gasteiger partial charge is 0.448 e. The second-order valence-electron chi connectivity index (χ2n) is 5.34. The van der Waals surface area contributed by atoms with Crippen molar-refractivity contribution in [1.29, 1.82) is 0 Å². The molecule has 22 heavy (non-hydrogen) atoms. The minimum absolute atomic E-state index is 0.0489. The molecule has 2 aromatic rings. The molecule has 1 aliphatic heterocycles. The number of rotatable bonds is 4. The molecule has 0 atom stereocenters. The molecule has 116 valence electrons. The first-order chi connectivity index (χ1) is 10.5. The Morgan fingerprint density at radius 2 is 2.27 bits per heavy atom. The minimum atomic E-state index is -0.289. The zero-order valence-corrected chi connectivity index (χ0v) is 13.5. The summed E-state index contributed by atoms with van der Waals surface area (Å²) in [4.78, 5) is 32.6. The molecule has 0 bridgehead atoms. The van der Waals surface area contributed by atoms with Crippen LogP contribution < -0.4 is 0 Å². The van der Waals surface area contributed by atoms with Gasteiger partial charge in [0, 0.05) is 16.6 Å². The zero-order chi connectivity index (χ0) is 15.9. The van der Waals surface area contributed by atoms with E-state index in [0.29, 0.717) is 19.7 Å². The maximum absolute atomic E-state index is 11.7. The fourth-order valence-electron chi connectivity index (χ4n) is 2.77. The van der Waals surface area contributed by atoms with E-state index >= 15 is 0 Å². The molecule has 0 spiro atoms. The molecule has 1 aliphatic rings. The summed E-state index contributed by atoms with van der Waals surface area (Å²) < 4.78 is 4.91. The van der Waals surface area contributed by atoms with Gasteiger partial charge in [-0.05, 0) is 26.3 Å². The lowest BCUT2D eigenvalue weighted by Crippen LogP contribution is -2.23. The summed E-state index contributed by atoms with van der Waals surface area (Å²) >= 11 is 1.50. The van der Waals surface area contributed by atoms with Crippen LogP contribution in [0, 0.1) is 13.8 Å². The van der Waals surface area contributed by atoms with E-state index in [4.69, 9.17) is 4.74 Å². The molecule has 1 N–H and O–H groups in total. The highest BCUT2D eigenvalue weighted by atomic mass is 32.1. The van der Waals surface area contributed by atoms with Crippen molar-refractivity contribution in [2.75, 3.05) is 13.2 Å². The molecule has 1 saturated heterocycles. The van der Waals surface area contributed by atoms with Gasteiger partial charge in [-0.3, -0.25) is 9.69 Å². The van der Waals surface area contributed by atoms with Crippen LogP contribution >= 0.6 is 11.3 Å². The van der Waals surface area contributed by atoms with Crippen molar-refractivity contribution < 1.29 is 14.3 Å². The van der Waals surface area contributed by atoms with Gasteiger partial charge in [0.25, 0.3) is 0 Å². The van der Waals surface area contributed by atoms with Crippen molar-refractivity contribution in [1.82, 2.24) is 14.9 Å². The molecule has 1 fully saturated rings. The van der Waals surface area contributed by atoms with E-state index in [9.17, 15) is 9.59 Å². The summed E-state index contributed by atoms with van der Waals surface area (Å²) in [7, 11) is 0. The maximum atomic E-state index is 11.7. The summed E-state index contributed by atoms with van der Waals surface area (Å²) in [5.41, 5.74) is 4.18. The number of aromatic nitrogens is 2. The predicted molar refractivity (Wildman–Crippen MR) is 83.1 cm³/mol. The number of nitrogens with zero attached hydrogens (tertiary/aromatic N) is 2. The van der Waals surface area contributed by atoms with Gasteiger partial charge >= 0.3 is 6.09 Å². The number of carbonyl (C=O) groups excluding carboxylic acids is 2. The number of Topliss-reactive ketones (excluding diaryl/α,β-unsaturated/α-hetero) is 1. The monoisotopic (exact) mass is 319 g/mol. The van der Waals surface area contributed by atoms with Crippen LogP contribution in [0.25, 0.3) is 11.4 Å². The molecule has 3 heterocycles. The van der Waals surface area contributed by atoms with Gasteiger partial charge in [0.2, 0.25) is 0 Å². The van der Waals surface area contributed by atoms with Crippen LogP contribution in [-0.2, 0) is 11.3 Å². The van der Waals surface area contributed by atoms with Gasteiger partial charge in [0.15, 0.2) is 5.78 Å². The molecule has 0 aliphatic carbocycles. The summed E-state index contributed by atoms with van der Waals surface area (Å²) in [5, 5.41) is 2.80. The van der Waals surface area contributed by atoms with Crippen molar-refractivity contribution in [3.8, 4) is 11.4 Å². The normalized spacial score (nSPS) is 14.5. The highest BCUT2D eigenvalue weighted by Gasteiger charge is 2.24. The Morgan fingerprint density at radius 3 is 2.86 bits per heavy atom. The molecule has 0 unspecified atom stereocenters. The van der Waals surface area contributed by atoms with Gasteiger partial charge in [-0.15, -0.1) is 11.3 Å². The lowest BCUT2D eigenvalue weighted by molar-refractivity contribution is 0.101. The number of ketones is 1. The lowest BCUT2D eigenvalue weighted by atomic mass is 10.1. The summed E-state index contributed by atoms with van der Waals surface area (Å²) in [6, 6.07) is 0. The Bertz CT molecular complexity index is 747. The Labute approximate surface area is 132 Å². The van der Waals surface area contributed by atoms with Crippen molar-refractivity contribution in [2.45, 2.75) is 27.3 Å². The number of nitrogens with one attached hydrogen (secondary N) is 1. The molecule has 6 nitrogen and oxygen atoms in total. The highest BCUT2D eigenvalue weighted by molar-refractivity contribution is 7.09. The van der Waals surface area contributed by atoms with Crippen LogP contribution in [0.1, 0.15) is 33.5 Å². The molecular weight excluding hydrogens is 302 g/mol. The summed E-state index contributed by atoms with van der Waals surface area (Å²) in [6.07, 6.45) is -0.289. The molecule has 1 amide bonds. The molecule has 7 heteroatoms. The number of hydrogen-bond acceptors (Lipinski definition) is 5. The number of carbonyl (C=O) groups is 2. The number of cyclic esters (lactones) is 1. The van der Waals surface area contributed by atoms with Crippen molar-refractivity contribution in [3.63, 3.8) is 0 Å². The molecule has 2 aromatic heterocycles. The van der Waals surface area contributed by atoms with Crippen molar-refractivity contribution >= 4 is 23.2 Å². The molecule has 0 aromatic carbocycles.